The Hall–Kier alpha value is -0.660. The molecule has 35 heavy (non-hydrogen) atoms. The van der Waals surface area contributed by atoms with Crippen molar-refractivity contribution in [1.82, 2.24) is 0 Å². The lowest BCUT2D eigenvalue weighted by molar-refractivity contribution is -0.108. The molecule has 0 bridgehead atoms. The summed E-state index contributed by atoms with van der Waals surface area (Å²) in [7, 11) is 0. The zero-order chi connectivity index (χ0) is 25.3. The monoisotopic (exact) mass is 492 g/mol. The molecule has 0 aromatic heterocycles. The highest BCUT2D eigenvalue weighted by atomic mass is 16.1. The third kappa shape index (κ3) is 33.3. The maximum atomic E-state index is 10.3. The molecule has 0 saturated heterocycles. The average Bonchev–Trinajstić information content (AvgIpc) is 2.87. The van der Waals surface area contributed by atoms with E-state index in [1.54, 1.807) is 0 Å². The van der Waals surface area contributed by atoms with Crippen molar-refractivity contribution in [3.63, 3.8) is 0 Å². The van der Waals surface area contributed by atoms with E-state index < -0.39 is 0 Å². The number of aldehydes is 2. The Kier molecular flexibility index (Phi) is 32.7. The molecule has 0 aliphatic rings. The predicted molar refractivity (Wildman–Crippen MR) is 155 cm³/mol. The first-order valence-corrected chi connectivity index (χ1v) is 16.3. The van der Waals surface area contributed by atoms with Crippen molar-refractivity contribution < 1.29 is 9.59 Å². The van der Waals surface area contributed by atoms with Gasteiger partial charge >= 0.3 is 0 Å². The van der Waals surface area contributed by atoms with E-state index in [1.807, 2.05) is 0 Å². The molecule has 208 valence electrons. The van der Waals surface area contributed by atoms with E-state index in [1.165, 1.54) is 173 Å². The molecule has 0 rings (SSSR count). The Balaban J connectivity index is 3.01. The molecular weight excluding hydrogens is 428 g/mol. The van der Waals surface area contributed by atoms with Crippen molar-refractivity contribution in [3.05, 3.63) is 0 Å². The molecule has 0 aliphatic heterocycles. The van der Waals surface area contributed by atoms with Crippen molar-refractivity contribution in [2.45, 2.75) is 199 Å². The van der Waals surface area contributed by atoms with Gasteiger partial charge in [-0.2, -0.15) is 0 Å². The molecule has 0 saturated carbocycles. The van der Waals surface area contributed by atoms with Gasteiger partial charge in [-0.25, -0.2) is 0 Å². The van der Waals surface area contributed by atoms with Crippen LogP contribution < -0.4 is 0 Å². The normalized spacial score (nSPS) is 11.2. The summed E-state index contributed by atoms with van der Waals surface area (Å²) in [6.07, 6.45) is 44.0. The van der Waals surface area contributed by atoms with Crippen LogP contribution in [0.5, 0.6) is 0 Å². The van der Waals surface area contributed by atoms with Crippen LogP contribution in [0.1, 0.15) is 199 Å². The highest BCUT2D eigenvalue weighted by Crippen LogP contribution is 2.16. The maximum absolute atomic E-state index is 10.3. The Morgan fingerprint density at radius 1 is 0.200 bits per heavy atom. The first-order chi connectivity index (χ1) is 17.4. The molecule has 0 spiro atoms. The molecule has 2 heteroatoms. The Labute approximate surface area is 221 Å². The van der Waals surface area contributed by atoms with Crippen LogP contribution in [0.15, 0.2) is 0 Å². The first-order valence-electron chi connectivity index (χ1n) is 16.3. The second-order valence-corrected chi connectivity index (χ2v) is 11.2. The van der Waals surface area contributed by atoms with Gasteiger partial charge in [-0.3, -0.25) is 0 Å². The molecule has 0 aliphatic carbocycles. The van der Waals surface area contributed by atoms with Crippen LogP contribution in [-0.4, -0.2) is 12.6 Å². The van der Waals surface area contributed by atoms with E-state index in [4.69, 9.17) is 0 Å². The van der Waals surface area contributed by atoms with Gasteiger partial charge in [0.1, 0.15) is 12.6 Å². The van der Waals surface area contributed by atoms with Crippen LogP contribution in [0.2, 0.25) is 0 Å². The molecule has 0 atom stereocenters. The third-order valence-corrected chi connectivity index (χ3v) is 7.64. The SMILES string of the molecule is O=CCCCCCCCCCCCCCCCCCCCCCCCCCCCCCCCC=O. The summed E-state index contributed by atoms with van der Waals surface area (Å²) in [5, 5.41) is 0. The second-order valence-electron chi connectivity index (χ2n) is 11.2. The molecular formula is C33H64O2. The molecule has 0 aromatic carbocycles. The van der Waals surface area contributed by atoms with Crippen LogP contribution in [-0.2, 0) is 9.59 Å². The number of unbranched alkanes of at least 4 members (excludes halogenated alkanes) is 30. The van der Waals surface area contributed by atoms with Crippen molar-refractivity contribution in [1.29, 1.82) is 0 Å². The number of rotatable bonds is 32. The van der Waals surface area contributed by atoms with E-state index in [-0.39, 0.29) is 0 Å². The van der Waals surface area contributed by atoms with Gasteiger partial charge in [0.2, 0.25) is 0 Å². The van der Waals surface area contributed by atoms with Gasteiger partial charge in [-0.05, 0) is 12.8 Å². The Morgan fingerprint density at radius 2 is 0.314 bits per heavy atom. The maximum Gasteiger partial charge on any atom is 0.119 e. The van der Waals surface area contributed by atoms with Crippen molar-refractivity contribution in [3.8, 4) is 0 Å². The minimum atomic E-state index is 0.758. The summed E-state index contributed by atoms with van der Waals surface area (Å²) in [6, 6.07) is 0. The fourth-order valence-electron chi connectivity index (χ4n) is 5.23. The fraction of sp³-hybridized carbons (Fsp3) is 0.939. The summed E-state index contributed by atoms with van der Waals surface area (Å²) < 4.78 is 0. The van der Waals surface area contributed by atoms with E-state index in [9.17, 15) is 9.59 Å². The van der Waals surface area contributed by atoms with Crippen LogP contribution >= 0.6 is 0 Å². The van der Waals surface area contributed by atoms with E-state index in [0.29, 0.717) is 0 Å². The van der Waals surface area contributed by atoms with Gasteiger partial charge < -0.3 is 9.59 Å². The smallest absolute Gasteiger partial charge is 0.119 e. The van der Waals surface area contributed by atoms with E-state index >= 15 is 0 Å². The minimum Gasteiger partial charge on any atom is -0.303 e. The van der Waals surface area contributed by atoms with Gasteiger partial charge in [0.25, 0.3) is 0 Å². The summed E-state index contributed by atoms with van der Waals surface area (Å²) in [5.41, 5.74) is 0. The van der Waals surface area contributed by atoms with Gasteiger partial charge in [-0.15, -0.1) is 0 Å². The quantitative estimate of drug-likeness (QED) is 0.0691. The van der Waals surface area contributed by atoms with Gasteiger partial charge in [-0.1, -0.05) is 173 Å². The summed E-state index contributed by atoms with van der Waals surface area (Å²) in [4.78, 5) is 20.5. The molecule has 0 aromatic rings. The van der Waals surface area contributed by atoms with E-state index in [2.05, 4.69) is 0 Å². The Bertz CT molecular complexity index is 357. The van der Waals surface area contributed by atoms with Crippen LogP contribution in [0.3, 0.4) is 0 Å². The largest absolute Gasteiger partial charge is 0.303 e. The molecule has 0 unspecified atom stereocenters. The zero-order valence-electron chi connectivity index (χ0n) is 23.9. The standard InChI is InChI=1S/C33H64O2/c34-32-30-28-26-24-22-20-18-16-14-12-10-8-6-4-2-1-3-5-7-9-11-13-15-17-19-21-23-25-27-29-31-33-35/h32-33H,1-31H2. The summed E-state index contributed by atoms with van der Waals surface area (Å²) >= 11 is 0. The predicted octanol–water partition coefficient (Wildman–Crippen LogP) is 11.5. The lowest BCUT2D eigenvalue weighted by atomic mass is 10.0. The van der Waals surface area contributed by atoms with Crippen LogP contribution in [0, 0.1) is 0 Å². The lowest BCUT2D eigenvalue weighted by Crippen LogP contribution is -1.85. The lowest BCUT2D eigenvalue weighted by Gasteiger charge is -2.04. The van der Waals surface area contributed by atoms with Crippen LogP contribution in [0.4, 0.5) is 0 Å². The van der Waals surface area contributed by atoms with Crippen molar-refractivity contribution in [2.75, 3.05) is 0 Å². The van der Waals surface area contributed by atoms with Crippen molar-refractivity contribution in [2.24, 2.45) is 0 Å². The average molecular weight is 493 g/mol. The zero-order valence-corrected chi connectivity index (χ0v) is 23.9. The summed E-state index contributed by atoms with van der Waals surface area (Å²) in [5.74, 6) is 0. The minimum absolute atomic E-state index is 0.758. The highest BCUT2D eigenvalue weighted by molar-refractivity contribution is 5.49. The molecule has 0 radical (unpaired) electrons. The number of carbonyl (C=O) groups is 2. The van der Waals surface area contributed by atoms with Gasteiger partial charge in [0, 0.05) is 12.8 Å². The number of hydrogen-bond donors (Lipinski definition) is 0. The van der Waals surface area contributed by atoms with Crippen molar-refractivity contribution >= 4 is 12.6 Å². The number of hydrogen-bond acceptors (Lipinski definition) is 2. The number of carbonyl (C=O) groups excluding carboxylic acids is 2. The summed E-state index contributed by atoms with van der Waals surface area (Å²) in [6.45, 7) is 0. The molecule has 0 amide bonds. The van der Waals surface area contributed by atoms with Gasteiger partial charge in [0.05, 0.1) is 0 Å². The topological polar surface area (TPSA) is 34.1 Å². The Morgan fingerprint density at radius 3 is 0.429 bits per heavy atom. The molecule has 2 nitrogen and oxygen atoms in total. The molecule has 0 fully saturated rings. The fourth-order valence-corrected chi connectivity index (χ4v) is 5.23. The van der Waals surface area contributed by atoms with Crippen LogP contribution in [0.25, 0.3) is 0 Å². The first kappa shape index (κ1) is 34.3. The van der Waals surface area contributed by atoms with Gasteiger partial charge in [0.15, 0.2) is 0 Å². The second kappa shape index (κ2) is 33.3. The highest BCUT2D eigenvalue weighted by Gasteiger charge is 1.97. The molecule has 0 N–H and O–H groups in total. The van der Waals surface area contributed by atoms with E-state index in [0.717, 1.165) is 38.3 Å². The third-order valence-electron chi connectivity index (χ3n) is 7.64. The molecule has 0 heterocycles.